The zero-order valence-corrected chi connectivity index (χ0v) is 11.1. The molecule has 1 aromatic rings. The van der Waals surface area contributed by atoms with Gasteiger partial charge in [-0.3, -0.25) is 0 Å². The molecule has 1 rings (SSSR count). The van der Waals surface area contributed by atoms with Crippen LogP contribution in [0.15, 0.2) is 42.0 Å². The van der Waals surface area contributed by atoms with Gasteiger partial charge >= 0.3 is 5.97 Å². The van der Waals surface area contributed by atoms with Crippen LogP contribution in [0, 0.1) is 0 Å². The third-order valence-corrected chi connectivity index (χ3v) is 4.60. The van der Waals surface area contributed by atoms with Gasteiger partial charge in [0.15, 0.2) is 9.84 Å². The van der Waals surface area contributed by atoms with E-state index in [1.165, 1.54) is 19.9 Å². The maximum atomic E-state index is 12.0. The fraction of sp³-hybridized carbons (Fsp3) is 0.308. The fourth-order valence-corrected chi connectivity index (χ4v) is 2.80. The fourth-order valence-electron chi connectivity index (χ4n) is 1.47. The smallest absolute Gasteiger partial charge is 0.330 e. The SMILES string of the molecule is C/C(=C/C(C)S(=O)(=O)Cc1ccccc1)C(=O)O. The maximum Gasteiger partial charge on any atom is 0.330 e. The molecular formula is C13H16O4S. The molecule has 0 amide bonds. The Bertz CT molecular complexity index is 544. The van der Waals surface area contributed by atoms with E-state index in [0.29, 0.717) is 5.56 Å². The molecule has 5 heteroatoms. The molecule has 4 nitrogen and oxygen atoms in total. The number of hydrogen-bond acceptors (Lipinski definition) is 3. The summed E-state index contributed by atoms with van der Waals surface area (Å²) in [5, 5.41) is 7.91. The molecule has 0 aliphatic carbocycles. The molecule has 0 spiro atoms. The summed E-state index contributed by atoms with van der Waals surface area (Å²) in [4.78, 5) is 10.7. The van der Waals surface area contributed by atoms with Gasteiger partial charge in [-0.25, -0.2) is 13.2 Å². The molecule has 0 aromatic heterocycles. The molecule has 1 atom stereocenters. The van der Waals surface area contributed by atoms with Crippen molar-refractivity contribution in [3.05, 3.63) is 47.5 Å². The summed E-state index contributed by atoms with van der Waals surface area (Å²) < 4.78 is 24.0. The van der Waals surface area contributed by atoms with Gasteiger partial charge in [-0.2, -0.15) is 0 Å². The lowest BCUT2D eigenvalue weighted by molar-refractivity contribution is -0.132. The first-order valence-electron chi connectivity index (χ1n) is 5.50. The van der Waals surface area contributed by atoms with E-state index < -0.39 is 21.1 Å². The van der Waals surface area contributed by atoms with Crippen LogP contribution in [-0.2, 0) is 20.4 Å². The topological polar surface area (TPSA) is 71.4 Å². The molecule has 98 valence electrons. The van der Waals surface area contributed by atoms with Gasteiger partial charge in [0, 0.05) is 5.57 Å². The number of benzene rings is 1. The van der Waals surface area contributed by atoms with Gasteiger partial charge in [0.25, 0.3) is 0 Å². The minimum atomic E-state index is -3.38. The van der Waals surface area contributed by atoms with Crippen LogP contribution in [0.4, 0.5) is 0 Å². The number of carbonyl (C=O) groups is 1. The van der Waals surface area contributed by atoms with Crippen molar-refractivity contribution >= 4 is 15.8 Å². The van der Waals surface area contributed by atoms with E-state index in [0.717, 1.165) is 0 Å². The Hall–Kier alpha value is -1.62. The van der Waals surface area contributed by atoms with E-state index in [1.807, 2.05) is 6.07 Å². The standard InChI is InChI=1S/C13H16O4S/c1-10(13(14)15)8-11(2)18(16,17)9-12-6-4-3-5-7-12/h3-8,11H,9H2,1-2H3,(H,14,15)/b10-8-. The number of hydrogen-bond donors (Lipinski definition) is 1. The zero-order chi connectivity index (χ0) is 13.8. The summed E-state index contributed by atoms with van der Waals surface area (Å²) in [6, 6.07) is 8.83. The molecule has 0 aliphatic rings. The molecule has 18 heavy (non-hydrogen) atoms. The molecule has 0 saturated heterocycles. The second-order valence-corrected chi connectivity index (χ2v) is 6.51. The maximum absolute atomic E-state index is 12.0. The van der Waals surface area contributed by atoms with E-state index in [-0.39, 0.29) is 11.3 Å². The van der Waals surface area contributed by atoms with Crippen LogP contribution in [0.25, 0.3) is 0 Å². The van der Waals surface area contributed by atoms with Gasteiger partial charge < -0.3 is 5.11 Å². The summed E-state index contributed by atoms with van der Waals surface area (Å²) in [6.07, 6.45) is 1.26. The van der Waals surface area contributed by atoms with Crippen LogP contribution in [-0.4, -0.2) is 24.7 Å². The highest BCUT2D eigenvalue weighted by atomic mass is 32.2. The molecule has 0 bridgehead atoms. The first-order chi connectivity index (χ1) is 8.33. The number of sulfone groups is 1. The molecule has 0 aliphatic heterocycles. The lowest BCUT2D eigenvalue weighted by Gasteiger charge is -2.09. The molecule has 1 unspecified atom stereocenters. The van der Waals surface area contributed by atoms with Crippen LogP contribution in [0.5, 0.6) is 0 Å². The molecule has 0 heterocycles. The van der Waals surface area contributed by atoms with E-state index in [2.05, 4.69) is 0 Å². The number of aliphatic carboxylic acids is 1. The average molecular weight is 268 g/mol. The van der Waals surface area contributed by atoms with Crippen molar-refractivity contribution in [3.8, 4) is 0 Å². The third kappa shape index (κ3) is 4.00. The van der Waals surface area contributed by atoms with E-state index in [4.69, 9.17) is 5.11 Å². The molecule has 1 N–H and O–H groups in total. The molecule has 0 saturated carbocycles. The van der Waals surface area contributed by atoms with Gasteiger partial charge in [0.05, 0.1) is 11.0 Å². The quantitative estimate of drug-likeness (QED) is 0.829. The second-order valence-electron chi connectivity index (χ2n) is 4.15. The number of carboxylic acids is 1. The number of rotatable bonds is 5. The Morgan fingerprint density at radius 2 is 1.89 bits per heavy atom. The van der Waals surface area contributed by atoms with E-state index >= 15 is 0 Å². The Morgan fingerprint density at radius 1 is 1.33 bits per heavy atom. The summed E-state index contributed by atoms with van der Waals surface area (Å²) >= 11 is 0. The molecule has 0 radical (unpaired) electrons. The Morgan fingerprint density at radius 3 is 2.39 bits per heavy atom. The second kappa shape index (κ2) is 5.82. The van der Waals surface area contributed by atoms with Gasteiger partial charge in [0.1, 0.15) is 0 Å². The lowest BCUT2D eigenvalue weighted by Crippen LogP contribution is -2.18. The largest absolute Gasteiger partial charge is 0.478 e. The predicted octanol–water partition coefficient (Wildman–Crippen LogP) is 2.02. The highest BCUT2D eigenvalue weighted by molar-refractivity contribution is 7.91. The lowest BCUT2D eigenvalue weighted by atomic mass is 10.2. The van der Waals surface area contributed by atoms with Crippen LogP contribution < -0.4 is 0 Å². The minimum Gasteiger partial charge on any atom is -0.478 e. The molecular weight excluding hydrogens is 252 g/mol. The first-order valence-corrected chi connectivity index (χ1v) is 7.21. The summed E-state index contributed by atoms with van der Waals surface area (Å²) in [6.45, 7) is 2.88. The van der Waals surface area contributed by atoms with Gasteiger partial charge in [-0.05, 0) is 19.4 Å². The summed E-state index contributed by atoms with van der Waals surface area (Å²) in [5.41, 5.74) is 0.741. The average Bonchev–Trinajstić information content (AvgIpc) is 2.29. The van der Waals surface area contributed by atoms with Gasteiger partial charge in [-0.1, -0.05) is 36.4 Å². The highest BCUT2D eigenvalue weighted by Crippen LogP contribution is 2.13. The van der Waals surface area contributed by atoms with Crippen molar-refractivity contribution in [2.24, 2.45) is 0 Å². The Kier molecular flexibility index (Phi) is 4.67. The normalized spacial score (nSPS) is 14.2. The van der Waals surface area contributed by atoms with Gasteiger partial charge in [-0.15, -0.1) is 0 Å². The van der Waals surface area contributed by atoms with Crippen molar-refractivity contribution < 1.29 is 18.3 Å². The Labute approximate surface area is 107 Å². The van der Waals surface area contributed by atoms with Crippen molar-refractivity contribution in [2.75, 3.05) is 0 Å². The monoisotopic (exact) mass is 268 g/mol. The Balaban J connectivity index is 2.88. The number of carboxylic acid groups (broad SMARTS) is 1. The van der Waals surface area contributed by atoms with Crippen molar-refractivity contribution in [1.29, 1.82) is 0 Å². The first kappa shape index (κ1) is 14.4. The van der Waals surface area contributed by atoms with Crippen LogP contribution in [0.1, 0.15) is 19.4 Å². The predicted molar refractivity (Wildman–Crippen MR) is 69.9 cm³/mol. The van der Waals surface area contributed by atoms with Crippen LogP contribution in [0.2, 0.25) is 0 Å². The van der Waals surface area contributed by atoms with Crippen molar-refractivity contribution in [2.45, 2.75) is 24.9 Å². The van der Waals surface area contributed by atoms with E-state index in [9.17, 15) is 13.2 Å². The molecule has 0 fully saturated rings. The summed E-state index contributed by atoms with van der Waals surface area (Å²) in [7, 11) is -3.38. The third-order valence-electron chi connectivity index (χ3n) is 2.60. The summed E-state index contributed by atoms with van der Waals surface area (Å²) in [5.74, 6) is -1.19. The van der Waals surface area contributed by atoms with Gasteiger partial charge in [0.2, 0.25) is 0 Å². The van der Waals surface area contributed by atoms with Crippen molar-refractivity contribution in [1.82, 2.24) is 0 Å². The minimum absolute atomic E-state index is 0.0409. The van der Waals surface area contributed by atoms with Crippen molar-refractivity contribution in [3.63, 3.8) is 0 Å². The van der Waals surface area contributed by atoms with Crippen LogP contribution >= 0.6 is 0 Å². The molecule has 1 aromatic carbocycles. The highest BCUT2D eigenvalue weighted by Gasteiger charge is 2.20. The van der Waals surface area contributed by atoms with Crippen LogP contribution in [0.3, 0.4) is 0 Å². The zero-order valence-electron chi connectivity index (χ0n) is 10.3. The van der Waals surface area contributed by atoms with E-state index in [1.54, 1.807) is 24.3 Å².